The fourth-order valence-electron chi connectivity index (χ4n) is 2.11. The lowest BCUT2D eigenvalue weighted by Crippen LogP contribution is -2.12. The Bertz CT molecular complexity index is 869. The summed E-state index contributed by atoms with van der Waals surface area (Å²) in [7, 11) is 0. The summed E-state index contributed by atoms with van der Waals surface area (Å²) in [5, 5.41) is 3.22. The number of hydrogen-bond acceptors (Lipinski definition) is 4. The number of carbonyl (C=O) groups is 1. The molecule has 0 fully saturated rings. The van der Waals surface area contributed by atoms with Crippen LogP contribution in [-0.4, -0.2) is 17.5 Å². The van der Waals surface area contributed by atoms with Crippen LogP contribution in [0.3, 0.4) is 0 Å². The number of anilines is 1. The van der Waals surface area contributed by atoms with Gasteiger partial charge in [0, 0.05) is 10.9 Å². The largest absolute Gasteiger partial charge is 0.494 e. The number of ether oxygens (including phenoxy) is 1. The molecule has 0 aliphatic carbocycles. The first kappa shape index (κ1) is 16.9. The molecule has 2 aromatic carbocycles. The van der Waals surface area contributed by atoms with Gasteiger partial charge in [-0.15, -0.1) is 0 Å². The van der Waals surface area contributed by atoms with Gasteiger partial charge in [0.2, 0.25) is 5.91 Å². The predicted octanol–water partition coefficient (Wildman–Crippen LogP) is 5.00. The van der Waals surface area contributed by atoms with Crippen molar-refractivity contribution in [3.05, 3.63) is 52.8 Å². The van der Waals surface area contributed by atoms with Crippen LogP contribution in [0.2, 0.25) is 0 Å². The topological polar surface area (TPSA) is 51.2 Å². The second-order valence-corrected chi connectivity index (χ2v) is 7.03. The molecule has 3 rings (SSSR count). The minimum Gasteiger partial charge on any atom is -0.494 e. The van der Waals surface area contributed by atoms with Crippen LogP contribution in [0, 0.1) is 5.82 Å². The minimum absolute atomic E-state index is 0.132. The highest BCUT2D eigenvalue weighted by Gasteiger charge is 2.08. The van der Waals surface area contributed by atoms with Crippen LogP contribution < -0.4 is 10.1 Å². The minimum atomic E-state index is -0.311. The molecule has 124 valence electrons. The molecular formula is C17H14BrFN2O2S. The van der Waals surface area contributed by atoms with Gasteiger partial charge in [0.1, 0.15) is 11.6 Å². The summed E-state index contributed by atoms with van der Waals surface area (Å²) in [6.07, 6.45) is 0.927. The summed E-state index contributed by atoms with van der Waals surface area (Å²) in [5.41, 5.74) is 0.676. The van der Waals surface area contributed by atoms with Gasteiger partial charge in [0.15, 0.2) is 5.13 Å². The van der Waals surface area contributed by atoms with Crippen molar-refractivity contribution in [2.75, 3.05) is 11.9 Å². The molecule has 1 amide bonds. The summed E-state index contributed by atoms with van der Waals surface area (Å²) in [6.45, 7) is 0.453. The SMILES string of the molecule is O=C(CCCOc1cccc(Br)c1)Nc1nc2ccc(F)cc2s1. The maximum absolute atomic E-state index is 13.2. The van der Waals surface area contributed by atoms with Crippen molar-refractivity contribution in [1.82, 2.24) is 4.98 Å². The number of amides is 1. The quantitative estimate of drug-likeness (QED) is 0.584. The molecular weight excluding hydrogens is 395 g/mol. The summed E-state index contributed by atoms with van der Waals surface area (Å²) in [6, 6.07) is 11.9. The molecule has 0 bridgehead atoms. The first-order valence-corrected chi connectivity index (χ1v) is 8.95. The van der Waals surface area contributed by atoms with Crippen LogP contribution >= 0.6 is 27.3 Å². The number of aromatic nitrogens is 1. The zero-order chi connectivity index (χ0) is 16.9. The summed E-state index contributed by atoms with van der Waals surface area (Å²) in [4.78, 5) is 16.2. The van der Waals surface area contributed by atoms with Gasteiger partial charge in [0.25, 0.3) is 0 Å². The van der Waals surface area contributed by atoms with E-state index in [2.05, 4.69) is 26.2 Å². The van der Waals surface area contributed by atoms with Crippen molar-refractivity contribution in [3.63, 3.8) is 0 Å². The van der Waals surface area contributed by atoms with Crippen molar-refractivity contribution < 1.29 is 13.9 Å². The van der Waals surface area contributed by atoms with Crippen LogP contribution in [0.4, 0.5) is 9.52 Å². The van der Waals surface area contributed by atoms with Gasteiger partial charge in [0.05, 0.1) is 16.8 Å². The van der Waals surface area contributed by atoms with E-state index in [-0.39, 0.29) is 11.7 Å². The molecule has 0 atom stereocenters. The Morgan fingerprint density at radius 3 is 3.00 bits per heavy atom. The van der Waals surface area contributed by atoms with E-state index < -0.39 is 0 Å². The maximum atomic E-state index is 13.2. The number of halogens is 2. The Hall–Kier alpha value is -1.99. The lowest BCUT2D eigenvalue weighted by atomic mass is 10.3. The number of rotatable bonds is 6. The number of benzene rings is 2. The standard InChI is InChI=1S/C17H14BrFN2O2S/c18-11-3-1-4-13(9-11)23-8-2-5-16(22)21-17-20-14-7-6-12(19)10-15(14)24-17/h1,3-4,6-7,9-10H,2,5,8H2,(H,20,21,22). The Balaban J connectivity index is 1.46. The molecule has 0 aliphatic rings. The van der Waals surface area contributed by atoms with Crippen molar-refractivity contribution in [2.45, 2.75) is 12.8 Å². The molecule has 0 saturated heterocycles. The van der Waals surface area contributed by atoms with Gasteiger partial charge in [-0.2, -0.15) is 0 Å². The van der Waals surface area contributed by atoms with Gasteiger partial charge in [-0.25, -0.2) is 9.37 Å². The van der Waals surface area contributed by atoms with Crippen molar-refractivity contribution in [1.29, 1.82) is 0 Å². The van der Waals surface area contributed by atoms with E-state index in [1.54, 1.807) is 6.07 Å². The average molecular weight is 409 g/mol. The third-order valence-electron chi connectivity index (χ3n) is 3.21. The highest BCUT2D eigenvalue weighted by Crippen LogP contribution is 2.26. The molecule has 0 unspecified atom stereocenters. The van der Waals surface area contributed by atoms with Crippen molar-refractivity contribution in [3.8, 4) is 5.75 Å². The van der Waals surface area contributed by atoms with E-state index in [9.17, 15) is 9.18 Å². The third-order valence-corrected chi connectivity index (χ3v) is 4.64. The van der Waals surface area contributed by atoms with Crippen LogP contribution in [0.25, 0.3) is 10.2 Å². The number of nitrogens with zero attached hydrogens (tertiary/aromatic N) is 1. The normalized spacial score (nSPS) is 10.8. The summed E-state index contributed by atoms with van der Waals surface area (Å²) >= 11 is 4.63. The van der Waals surface area contributed by atoms with Gasteiger partial charge in [-0.05, 0) is 42.8 Å². The fraction of sp³-hybridized carbons (Fsp3) is 0.176. The Labute approximate surface area is 150 Å². The van der Waals surface area contributed by atoms with E-state index in [4.69, 9.17) is 4.74 Å². The Morgan fingerprint density at radius 1 is 1.29 bits per heavy atom. The van der Waals surface area contributed by atoms with Crippen LogP contribution in [0.5, 0.6) is 5.75 Å². The summed E-state index contributed by atoms with van der Waals surface area (Å²) in [5.74, 6) is 0.319. The molecule has 1 N–H and O–H groups in total. The third kappa shape index (κ3) is 4.52. The number of hydrogen-bond donors (Lipinski definition) is 1. The van der Waals surface area contributed by atoms with E-state index in [0.29, 0.717) is 34.8 Å². The Kier molecular flexibility index (Phi) is 5.42. The number of carbonyl (C=O) groups excluding carboxylic acids is 1. The monoisotopic (exact) mass is 408 g/mol. The first-order chi connectivity index (χ1) is 11.6. The van der Waals surface area contributed by atoms with E-state index in [1.165, 1.54) is 23.5 Å². The fourth-order valence-corrected chi connectivity index (χ4v) is 3.40. The molecule has 0 saturated carbocycles. The molecule has 7 heteroatoms. The molecule has 0 spiro atoms. The lowest BCUT2D eigenvalue weighted by molar-refractivity contribution is -0.116. The number of fused-ring (bicyclic) bond motifs is 1. The molecule has 3 aromatic rings. The zero-order valence-corrected chi connectivity index (χ0v) is 15.0. The maximum Gasteiger partial charge on any atom is 0.226 e. The van der Waals surface area contributed by atoms with Gasteiger partial charge < -0.3 is 10.1 Å². The Morgan fingerprint density at radius 2 is 2.17 bits per heavy atom. The van der Waals surface area contributed by atoms with Crippen LogP contribution in [0.1, 0.15) is 12.8 Å². The van der Waals surface area contributed by atoms with Crippen LogP contribution in [-0.2, 0) is 4.79 Å². The van der Waals surface area contributed by atoms with Gasteiger partial charge in [-0.1, -0.05) is 33.3 Å². The highest BCUT2D eigenvalue weighted by molar-refractivity contribution is 9.10. The van der Waals surface area contributed by atoms with E-state index in [0.717, 1.165) is 10.2 Å². The number of thiazole rings is 1. The number of nitrogens with one attached hydrogen (secondary N) is 1. The van der Waals surface area contributed by atoms with Gasteiger partial charge in [-0.3, -0.25) is 4.79 Å². The molecule has 1 heterocycles. The van der Waals surface area contributed by atoms with Crippen LogP contribution in [0.15, 0.2) is 46.9 Å². The zero-order valence-electron chi connectivity index (χ0n) is 12.6. The van der Waals surface area contributed by atoms with E-state index in [1.807, 2.05) is 24.3 Å². The smallest absolute Gasteiger partial charge is 0.226 e. The molecule has 24 heavy (non-hydrogen) atoms. The lowest BCUT2D eigenvalue weighted by Gasteiger charge is -2.06. The predicted molar refractivity (Wildman–Crippen MR) is 97.1 cm³/mol. The molecule has 1 aromatic heterocycles. The second kappa shape index (κ2) is 7.72. The molecule has 4 nitrogen and oxygen atoms in total. The second-order valence-electron chi connectivity index (χ2n) is 5.09. The highest BCUT2D eigenvalue weighted by atomic mass is 79.9. The molecule has 0 radical (unpaired) electrons. The van der Waals surface area contributed by atoms with Crippen molar-refractivity contribution in [2.24, 2.45) is 0 Å². The average Bonchev–Trinajstić information content (AvgIpc) is 2.93. The summed E-state index contributed by atoms with van der Waals surface area (Å²) < 4.78 is 20.4. The molecule has 0 aliphatic heterocycles. The van der Waals surface area contributed by atoms with Crippen molar-refractivity contribution >= 4 is 48.5 Å². The first-order valence-electron chi connectivity index (χ1n) is 7.34. The van der Waals surface area contributed by atoms with Gasteiger partial charge >= 0.3 is 0 Å². The van der Waals surface area contributed by atoms with E-state index >= 15 is 0 Å².